The number of aromatic nitrogens is 1. The minimum Gasteiger partial charge on any atom is -0.411 e. The Labute approximate surface area is 94.2 Å². The van der Waals surface area contributed by atoms with Crippen molar-refractivity contribution >= 4 is 24.8 Å². The first-order valence-electron chi connectivity index (χ1n) is 3.94. The predicted molar refractivity (Wildman–Crippen MR) is 56.5 cm³/mol. The Balaban J connectivity index is 2.67. The summed E-state index contributed by atoms with van der Waals surface area (Å²) in [6.45, 7) is 1.24. The van der Waals surface area contributed by atoms with Crippen molar-refractivity contribution in [1.82, 2.24) is 4.98 Å². The predicted octanol–water partition coefficient (Wildman–Crippen LogP) is 1.72. The van der Waals surface area contributed by atoms with Crippen molar-refractivity contribution in [3.63, 3.8) is 0 Å². The molecule has 1 unspecified atom stereocenters. The SMILES string of the molecule is C/C(=N\O)c1nc(COP(=O)(O)N=O)cs1. The van der Waals surface area contributed by atoms with Gasteiger partial charge >= 0.3 is 7.75 Å². The molecule has 1 heterocycles. The molecule has 16 heavy (non-hydrogen) atoms. The van der Waals surface area contributed by atoms with Gasteiger partial charge < -0.3 is 10.1 Å². The lowest BCUT2D eigenvalue weighted by atomic mass is 10.4. The Hall–Kier alpha value is -1.15. The lowest BCUT2D eigenvalue weighted by Crippen LogP contribution is -1.95. The summed E-state index contributed by atoms with van der Waals surface area (Å²) in [5.74, 6) is 0. The van der Waals surface area contributed by atoms with Crippen LogP contribution < -0.4 is 0 Å². The van der Waals surface area contributed by atoms with Crippen LogP contribution in [0.1, 0.15) is 17.6 Å². The molecule has 1 rings (SSSR count). The van der Waals surface area contributed by atoms with Crippen LogP contribution in [0.3, 0.4) is 0 Å². The molecule has 2 N–H and O–H groups in total. The van der Waals surface area contributed by atoms with Crippen molar-refractivity contribution in [1.29, 1.82) is 0 Å². The Kier molecular flexibility index (Phi) is 4.25. The van der Waals surface area contributed by atoms with Gasteiger partial charge in [0, 0.05) is 10.3 Å². The zero-order chi connectivity index (χ0) is 12.2. The molecule has 88 valence electrons. The van der Waals surface area contributed by atoms with Crippen molar-refractivity contribution in [2.75, 3.05) is 0 Å². The smallest absolute Gasteiger partial charge is 0.411 e. The van der Waals surface area contributed by atoms with Crippen LogP contribution >= 0.6 is 19.1 Å². The fourth-order valence-corrected chi connectivity index (χ4v) is 1.85. The molecule has 1 atom stereocenters. The van der Waals surface area contributed by atoms with E-state index in [0.717, 1.165) is 0 Å². The number of hydrogen-bond donors (Lipinski definition) is 2. The number of oxime groups is 1. The molecule has 8 nitrogen and oxygen atoms in total. The van der Waals surface area contributed by atoms with E-state index in [0.29, 0.717) is 16.4 Å². The highest BCUT2D eigenvalue weighted by Gasteiger charge is 2.20. The average Bonchev–Trinajstić information content (AvgIpc) is 2.74. The van der Waals surface area contributed by atoms with Gasteiger partial charge in [-0.3, -0.25) is 4.52 Å². The summed E-state index contributed by atoms with van der Waals surface area (Å²) in [7, 11) is -4.41. The third kappa shape index (κ3) is 3.46. The summed E-state index contributed by atoms with van der Waals surface area (Å²) in [5, 5.41) is 13.4. The van der Waals surface area contributed by atoms with E-state index in [-0.39, 0.29) is 6.61 Å². The fraction of sp³-hybridized carbons (Fsp3) is 0.333. The van der Waals surface area contributed by atoms with E-state index in [9.17, 15) is 9.47 Å². The van der Waals surface area contributed by atoms with Gasteiger partial charge in [-0.15, -0.1) is 16.2 Å². The van der Waals surface area contributed by atoms with Crippen molar-refractivity contribution in [3.8, 4) is 0 Å². The van der Waals surface area contributed by atoms with E-state index in [4.69, 9.17) is 10.1 Å². The van der Waals surface area contributed by atoms with Crippen LogP contribution in [-0.4, -0.2) is 20.8 Å². The zero-order valence-electron chi connectivity index (χ0n) is 8.10. The van der Waals surface area contributed by atoms with Crippen LogP contribution in [0.5, 0.6) is 0 Å². The van der Waals surface area contributed by atoms with Crippen LogP contribution in [0.25, 0.3) is 0 Å². The number of thiazole rings is 1. The van der Waals surface area contributed by atoms with Gasteiger partial charge in [0.05, 0.1) is 5.69 Å². The highest BCUT2D eigenvalue weighted by Crippen LogP contribution is 2.43. The lowest BCUT2D eigenvalue weighted by Gasteiger charge is -2.00. The Morgan fingerprint density at radius 2 is 2.44 bits per heavy atom. The summed E-state index contributed by atoms with van der Waals surface area (Å²) in [5.41, 5.74) is 0.665. The van der Waals surface area contributed by atoms with Gasteiger partial charge in [-0.05, 0) is 6.92 Å². The lowest BCUT2D eigenvalue weighted by molar-refractivity contribution is 0.248. The molecule has 0 fully saturated rings. The number of nitroso groups, excluding NO2 is 1. The van der Waals surface area contributed by atoms with Crippen molar-refractivity contribution in [2.45, 2.75) is 13.5 Å². The minimum atomic E-state index is -4.41. The second-order valence-electron chi connectivity index (χ2n) is 2.68. The topological polar surface area (TPSA) is 121 Å². The highest BCUT2D eigenvalue weighted by molar-refractivity contribution is 7.51. The summed E-state index contributed by atoms with van der Waals surface area (Å²) in [4.78, 5) is 24.5. The molecule has 0 saturated carbocycles. The molecule has 0 saturated heterocycles. The molecule has 0 aromatic carbocycles. The fourth-order valence-electron chi connectivity index (χ4n) is 0.756. The molecular formula is C6H8N3O5PS. The Morgan fingerprint density at radius 1 is 1.75 bits per heavy atom. The van der Waals surface area contributed by atoms with Gasteiger partial charge in [0.1, 0.15) is 17.3 Å². The molecule has 10 heteroatoms. The normalized spacial score (nSPS) is 15.8. The highest BCUT2D eigenvalue weighted by atomic mass is 32.1. The minimum absolute atomic E-state index is 0.311. The molecule has 1 aromatic heterocycles. The monoisotopic (exact) mass is 265 g/mol. The molecule has 0 radical (unpaired) electrons. The van der Waals surface area contributed by atoms with Crippen LogP contribution in [0.15, 0.2) is 15.5 Å². The van der Waals surface area contributed by atoms with Gasteiger partial charge in [0.25, 0.3) is 0 Å². The van der Waals surface area contributed by atoms with E-state index in [2.05, 4.69) is 14.7 Å². The third-order valence-corrected chi connectivity index (χ3v) is 3.17. The first kappa shape index (κ1) is 12.9. The maximum Gasteiger partial charge on any atom is 0.487 e. The van der Waals surface area contributed by atoms with Gasteiger partial charge in [-0.1, -0.05) is 5.16 Å². The quantitative estimate of drug-likeness (QED) is 0.275. The summed E-state index contributed by atoms with van der Waals surface area (Å²) in [6, 6.07) is 0. The van der Waals surface area contributed by atoms with Gasteiger partial charge in [-0.25, -0.2) is 9.55 Å². The van der Waals surface area contributed by atoms with E-state index in [1.54, 1.807) is 12.3 Å². The maximum atomic E-state index is 10.7. The van der Waals surface area contributed by atoms with E-state index in [1.807, 2.05) is 4.95 Å². The molecule has 0 amide bonds. The Morgan fingerprint density at radius 3 is 3.00 bits per heavy atom. The van der Waals surface area contributed by atoms with Crippen LogP contribution in [-0.2, 0) is 15.7 Å². The largest absolute Gasteiger partial charge is 0.487 e. The molecule has 0 aliphatic rings. The molecule has 0 spiro atoms. The van der Waals surface area contributed by atoms with E-state index < -0.39 is 7.75 Å². The third-order valence-electron chi connectivity index (χ3n) is 1.50. The zero-order valence-corrected chi connectivity index (χ0v) is 9.81. The summed E-state index contributed by atoms with van der Waals surface area (Å²) < 4.78 is 15.1. The molecule has 1 aromatic rings. The standard InChI is InChI=1S/C6H8N3O5PS/c1-4(8-10)6-7-5(3-16-6)2-14-15(12,13)9-11/h3,10H,2H2,1H3,(H,12,13)/b8-4+. The average molecular weight is 265 g/mol. The van der Waals surface area contributed by atoms with Gasteiger partial charge in [-0.2, -0.15) is 0 Å². The summed E-state index contributed by atoms with van der Waals surface area (Å²) in [6.07, 6.45) is 0. The summed E-state index contributed by atoms with van der Waals surface area (Å²) >= 11 is 1.18. The molecular weight excluding hydrogens is 257 g/mol. The Bertz CT molecular complexity index is 459. The van der Waals surface area contributed by atoms with Crippen molar-refractivity contribution in [3.05, 3.63) is 21.0 Å². The number of nitrogens with zero attached hydrogens (tertiary/aromatic N) is 3. The molecule has 0 bridgehead atoms. The molecule has 0 aliphatic carbocycles. The van der Waals surface area contributed by atoms with Gasteiger partial charge in [0.15, 0.2) is 0 Å². The molecule has 0 aliphatic heterocycles. The van der Waals surface area contributed by atoms with Crippen molar-refractivity contribution in [2.24, 2.45) is 10.1 Å². The van der Waals surface area contributed by atoms with Crippen LogP contribution in [0.2, 0.25) is 0 Å². The van der Waals surface area contributed by atoms with E-state index in [1.165, 1.54) is 11.3 Å². The van der Waals surface area contributed by atoms with Gasteiger partial charge in [0.2, 0.25) is 0 Å². The van der Waals surface area contributed by atoms with Crippen LogP contribution in [0.4, 0.5) is 0 Å². The van der Waals surface area contributed by atoms with E-state index >= 15 is 0 Å². The number of hydrogen-bond acceptors (Lipinski definition) is 7. The number of rotatable bonds is 5. The second-order valence-corrected chi connectivity index (χ2v) is 4.94. The van der Waals surface area contributed by atoms with Crippen molar-refractivity contribution < 1.29 is 19.2 Å². The van der Waals surface area contributed by atoms with Crippen LogP contribution in [0, 0.1) is 4.91 Å². The maximum absolute atomic E-state index is 10.7. The second kappa shape index (κ2) is 5.26. The first-order chi connectivity index (χ1) is 7.48. The first-order valence-corrected chi connectivity index (χ1v) is 6.35.